The first-order valence-corrected chi connectivity index (χ1v) is 6.48. The van der Waals surface area contributed by atoms with Crippen molar-refractivity contribution in [3.05, 3.63) is 41.1 Å². The van der Waals surface area contributed by atoms with Crippen molar-refractivity contribution in [2.45, 2.75) is 13.0 Å². The summed E-state index contributed by atoms with van der Waals surface area (Å²) in [6, 6.07) is 7.44. The quantitative estimate of drug-likeness (QED) is 0.653. The van der Waals surface area contributed by atoms with Crippen molar-refractivity contribution in [1.82, 2.24) is 10.6 Å². The molecule has 1 aliphatic heterocycles. The Hall–Kier alpha value is -2.08. The molecule has 0 aromatic heterocycles. The van der Waals surface area contributed by atoms with Gasteiger partial charge in [0.25, 0.3) is 0 Å². The summed E-state index contributed by atoms with van der Waals surface area (Å²) < 4.78 is 9.90. The normalized spacial score (nSPS) is 18.1. The van der Waals surface area contributed by atoms with E-state index >= 15 is 0 Å². The SMILES string of the molecule is COC(=O)C1=C(C)[C@H](c2ccc(OC)cc2)NC(=S)N1. The van der Waals surface area contributed by atoms with Gasteiger partial charge in [0, 0.05) is 0 Å². The molecule has 0 saturated heterocycles. The van der Waals surface area contributed by atoms with Crippen molar-refractivity contribution in [3.63, 3.8) is 0 Å². The van der Waals surface area contributed by atoms with E-state index in [0.29, 0.717) is 10.8 Å². The molecule has 0 aliphatic carbocycles. The van der Waals surface area contributed by atoms with Gasteiger partial charge in [0.15, 0.2) is 5.11 Å². The van der Waals surface area contributed by atoms with Crippen LogP contribution in [-0.4, -0.2) is 25.3 Å². The summed E-state index contributed by atoms with van der Waals surface area (Å²) in [5, 5.41) is 6.38. The molecule has 5 nitrogen and oxygen atoms in total. The number of benzene rings is 1. The zero-order valence-corrected chi connectivity index (χ0v) is 12.3. The van der Waals surface area contributed by atoms with Crippen LogP contribution in [0.1, 0.15) is 18.5 Å². The van der Waals surface area contributed by atoms with E-state index in [2.05, 4.69) is 10.6 Å². The van der Waals surface area contributed by atoms with Crippen LogP contribution in [0.5, 0.6) is 5.75 Å². The molecule has 2 rings (SSSR count). The fraction of sp³-hybridized carbons (Fsp3) is 0.286. The number of hydrogen-bond acceptors (Lipinski definition) is 4. The molecule has 0 unspecified atom stereocenters. The second-order valence-electron chi connectivity index (χ2n) is 4.35. The number of methoxy groups -OCH3 is 2. The predicted octanol–water partition coefficient (Wildman–Crippen LogP) is 1.66. The van der Waals surface area contributed by atoms with Crippen molar-refractivity contribution in [1.29, 1.82) is 0 Å². The first-order valence-electron chi connectivity index (χ1n) is 6.07. The van der Waals surface area contributed by atoms with Gasteiger partial charge < -0.3 is 20.1 Å². The molecule has 1 aliphatic rings. The average Bonchev–Trinajstić information content (AvgIpc) is 2.48. The van der Waals surface area contributed by atoms with Crippen LogP contribution in [0.3, 0.4) is 0 Å². The number of ether oxygens (including phenoxy) is 2. The highest BCUT2D eigenvalue weighted by Crippen LogP contribution is 2.27. The van der Waals surface area contributed by atoms with Gasteiger partial charge in [-0.2, -0.15) is 0 Å². The van der Waals surface area contributed by atoms with Gasteiger partial charge >= 0.3 is 5.97 Å². The number of hydrogen-bond donors (Lipinski definition) is 2. The van der Waals surface area contributed by atoms with E-state index in [0.717, 1.165) is 16.9 Å². The maximum absolute atomic E-state index is 11.8. The van der Waals surface area contributed by atoms with Crippen LogP contribution in [0.25, 0.3) is 0 Å². The molecule has 1 atom stereocenters. The van der Waals surface area contributed by atoms with Crippen molar-refractivity contribution in [3.8, 4) is 5.75 Å². The Labute approximate surface area is 123 Å². The van der Waals surface area contributed by atoms with Gasteiger partial charge in [0.05, 0.1) is 20.3 Å². The second kappa shape index (κ2) is 5.92. The Morgan fingerprint density at radius 3 is 2.45 bits per heavy atom. The highest BCUT2D eigenvalue weighted by Gasteiger charge is 2.27. The number of carbonyl (C=O) groups is 1. The molecular formula is C14H16N2O3S. The van der Waals surface area contributed by atoms with Crippen LogP contribution in [0, 0.1) is 0 Å². The van der Waals surface area contributed by atoms with Gasteiger partial charge in [-0.15, -0.1) is 0 Å². The smallest absolute Gasteiger partial charge is 0.354 e. The van der Waals surface area contributed by atoms with Crippen LogP contribution in [-0.2, 0) is 9.53 Å². The zero-order valence-electron chi connectivity index (χ0n) is 11.5. The molecule has 0 saturated carbocycles. The Morgan fingerprint density at radius 2 is 1.90 bits per heavy atom. The average molecular weight is 292 g/mol. The van der Waals surface area contributed by atoms with Crippen LogP contribution in [0.15, 0.2) is 35.5 Å². The van der Waals surface area contributed by atoms with Crippen molar-refractivity contribution < 1.29 is 14.3 Å². The fourth-order valence-electron chi connectivity index (χ4n) is 2.08. The molecule has 0 spiro atoms. The zero-order chi connectivity index (χ0) is 14.7. The summed E-state index contributed by atoms with van der Waals surface area (Å²) in [6.45, 7) is 1.86. The van der Waals surface area contributed by atoms with Gasteiger partial charge in [-0.25, -0.2) is 4.79 Å². The summed E-state index contributed by atoms with van der Waals surface area (Å²) in [4.78, 5) is 11.8. The number of esters is 1. The molecule has 1 aromatic carbocycles. The lowest BCUT2D eigenvalue weighted by Gasteiger charge is -2.29. The van der Waals surface area contributed by atoms with Crippen molar-refractivity contribution >= 4 is 23.3 Å². The highest BCUT2D eigenvalue weighted by atomic mass is 32.1. The Balaban J connectivity index is 2.38. The van der Waals surface area contributed by atoms with Crippen LogP contribution in [0.2, 0.25) is 0 Å². The molecule has 1 heterocycles. The van der Waals surface area contributed by atoms with E-state index in [1.54, 1.807) is 7.11 Å². The number of nitrogens with one attached hydrogen (secondary N) is 2. The maximum Gasteiger partial charge on any atom is 0.354 e. The molecule has 1 aromatic rings. The summed E-state index contributed by atoms with van der Waals surface area (Å²) in [6.07, 6.45) is 0. The lowest BCUT2D eigenvalue weighted by Crippen LogP contribution is -2.45. The molecule has 0 radical (unpaired) electrons. The van der Waals surface area contributed by atoms with Gasteiger partial charge in [-0.1, -0.05) is 12.1 Å². The van der Waals surface area contributed by atoms with Crippen molar-refractivity contribution in [2.24, 2.45) is 0 Å². The van der Waals surface area contributed by atoms with E-state index in [1.807, 2.05) is 31.2 Å². The summed E-state index contributed by atoms with van der Waals surface area (Å²) in [7, 11) is 2.96. The van der Waals surface area contributed by atoms with Crippen LogP contribution >= 0.6 is 12.2 Å². The molecule has 106 valence electrons. The number of carbonyl (C=O) groups excluding carboxylic acids is 1. The van der Waals surface area contributed by atoms with Crippen molar-refractivity contribution in [2.75, 3.05) is 14.2 Å². The summed E-state index contributed by atoms with van der Waals surface area (Å²) in [5.41, 5.74) is 2.21. The van der Waals surface area contributed by atoms with E-state index in [4.69, 9.17) is 21.7 Å². The molecule has 0 bridgehead atoms. The molecule has 20 heavy (non-hydrogen) atoms. The van der Waals surface area contributed by atoms with E-state index in [9.17, 15) is 4.79 Å². The maximum atomic E-state index is 11.8. The molecule has 0 amide bonds. The van der Waals surface area contributed by atoms with Gasteiger partial charge in [0.2, 0.25) is 0 Å². The molecular weight excluding hydrogens is 276 g/mol. The Bertz CT molecular complexity index is 566. The van der Waals surface area contributed by atoms with Gasteiger partial charge in [-0.05, 0) is 42.4 Å². The van der Waals surface area contributed by atoms with E-state index in [1.165, 1.54) is 7.11 Å². The first kappa shape index (κ1) is 14.3. The third-order valence-corrected chi connectivity index (χ3v) is 3.40. The topological polar surface area (TPSA) is 59.6 Å². The fourth-order valence-corrected chi connectivity index (χ4v) is 2.30. The second-order valence-corrected chi connectivity index (χ2v) is 4.76. The third kappa shape index (κ3) is 2.75. The summed E-state index contributed by atoms with van der Waals surface area (Å²) >= 11 is 5.14. The lowest BCUT2D eigenvalue weighted by molar-refractivity contribution is -0.136. The third-order valence-electron chi connectivity index (χ3n) is 3.18. The molecule has 6 heteroatoms. The number of rotatable bonds is 3. The largest absolute Gasteiger partial charge is 0.497 e. The van der Waals surface area contributed by atoms with E-state index in [-0.39, 0.29) is 6.04 Å². The monoisotopic (exact) mass is 292 g/mol. The lowest BCUT2D eigenvalue weighted by atomic mass is 9.96. The molecule has 0 fully saturated rings. The van der Waals surface area contributed by atoms with E-state index < -0.39 is 5.97 Å². The van der Waals surface area contributed by atoms with Gasteiger partial charge in [-0.3, -0.25) is 0 Å². The Kier molecular flexibility index (Phi) is 4.24. The predicted molar refractivity (Wildman–Crippen MR) is 79.3 cm³/mol. The molecule has 2 N–H and O–H groups in total. The Morgan fingerprint density at radius 1 is 1.25 bits per heavy atom. The minimum Gasteiger partial charge on any atom is -0.497 e. The highest BCUT2D eigenvalue weighted by molar-refractivity contribution is 7.80. The number of thiocarbonyl (C=S) groups is 1. The minimum absolute atomic E-state index is 0.163. The van der Waals surface area contributed by atoms with Gasteiger partial charge in [0.1, 0.15) is 11.4 Å². The van der Waals surface area contributed by atoms with Crippen LogP contribution in [0.4, 0.5) is 0 Å². The summed E-state index contributed by atoms with van der Waals surface area (Å²) in [5.74, 6) is 0.352. The first-order chi connectivity index (χ1) is 9.56. The van der Waals surface area contributed by atoms with Crippen LogP contribution < -0.4 is 15.4 Å². The standard InChI is InChI=1S/C14H16N2O3S/c1-8-11(9-4-6-10(18-2)7-5-9)15-14(20)16-12(8)13(17)19-3/h4-7,11H,1-3H3,(H2,15,16,20)/t11-/m1/s1. The minimum atomic E-state index is -0.426.